The first-order valence-corrected chi connectivity index (χ1v) is 6.56. The molecule has 22 heavy (non-hydrogen) atoms. The average Bonchev–Trinajstić information content (AvgIpc) is 3.07. The van der Waals surface area contributed by atoms with Crippen molar-refractivity contribution in [1.29, 1.82) is 0 Å². The number of aryl methyl sites for hydroxylation is 2. The van der Waals surface area contributed by atoms with Crippen LogP contribution >= 0.6 is 24.0 Å². The van der Waals surface area contributed by atoms with Gasteiger partial charge in [-0.25, -0.2) is 0 Å². The van der Waals surface area contributed by atoms with Gasteiger partial charge in [0, 0.05) is 7.05 Å². The summed E-state index contributed by atoms with van der Waals surface area (Å²) in [5, 5.41) is 19.7. The van der Waals surface area contributed by atoms with Gasteiger partial charge in [0.2, 0.25) is 5.89 Å². The lowest BCUT2D eigenvalue weighted by Gasteiger charge is -2.13. The Bertz CT molecular complexity index is 610. The maximum Gasteiger partial charge on any atom is 0.246 e. The van der Waals surface area contributed by atoms with Crippen molar-refractivity contribution in [3.63, 3.8) is 0 Å². The summed E-state index contributed by atoms with van der Waals surface area (Å²) < 4.78 is 10.3. The molecule has 0 aromatic carbocycles. The number of hydrogen-bond acceptors (Lipinski definition) is 6. The lowest BCUT2D eigenvalue weighted by atomic mass is 10.3. The molecule has 1 atom stereocenters. The van der Waals surface area contributed by atoms with Crippen LogP contribution in [0.3, 0.4) is 0 Å². The molecule has 0 fully saturated rings. The number of guanidine groups is 1. The van der Waals surface area contributed by atoms with Crippen molar-refractivity contribution < 1.29 is 14.0 Å². The summed E-state index contributed by atoms with van der Waals surface area (Å²) in [5.74, 6) is 2.85. The quantitative estimate of drug-likeness (QED) is 0.379. The summed E-state index contributed by atoms with van der Waals surface area (Å²) in [6, 6.07) is 3.56. The highest BCUT2D eigenvalue weighted by Crippen LogP contribution is 2.14. The van der Waals surface area contributed by atoms with E-state index in [9.17, 15) is 5.11 Å². The molecule has 0 saturated carbocycles. The van der Waals surface area contributed by atoms with Gasteiger partial charge in [-0.15, -0.1) is 24.0 Å². The van der Waals surface area contributed by atoms with Crippen molar-refractivity contribution in [2.75, 3.05) is 13.6 Å². The zero-order valence-corrected chi connectivity index (χ0v) is 15.0. The Balaban J connectivity index is 0.00000242. The molecule has 0 aliphatic rings. The highest BCUT2D eigenvalue weighted by atomic mass is 127. The molecule has 2 heterocycles. The molecule has 0 radical (unpaired) electrons. The number of hydrogen-bond donors (Lipinski definition) is 3. The van der Waals surface area contributed by atoms with Crippen LogP contribution < -0.4 is 10.6 Å². The number of furan rings is 1. The molecule has 2 aromatic rings. The van der Waals surface area contributed by atoms with E-state index in [1.807, 2.05) is 13.0 Å². The Kier molecular flexibility index (Phi) is 7.32. The Morgan fingerprint density at radius 3 is 2.68 bits per heavy atom. The number of nitrogens with zero attached hydrogens (tertiary/aromatic N) is 3. The Morgan fingerprint density at radius 2 is 2.14 bits per heavy atom. The van der Waals surface area contributed by atoms with E-state index in [4.69, 9.17) is 8.94 Å². The van der Waals surface area contributed by atoms with Crippen LogP contribution in [0.25, 0.3) is 0 Å². The zero-order valence-electron chi connectivity index (χ0n) is 12.7. The van der Waals surface area contributed by atoms with Gasteiger partial charge in [-0.1, -0.05) is 5.16 Å². The number of rotatable bonds is 5. The van der Waals surface area contributed by atoms with E-state index in [1.165, 1.54) is 0 Å². The number of aliphatic imine (C=N–C) groups is 1. The number of aliphatic hydroxyl groups excluding tert-OH is 1. The van der Waals surface area contributed by atoms with Crippen LogP contribution in [0.1, 0.15) is 29.3 Å². The van der Waals surface area contributed by atoms with E-state index < -0.39 is 6.10 Å². The second kappa shape index (κ2) is 8.73. The molecule has 122 valence electrons. The Morgan fingerprint density at radius 1 is 1.36 bits per heavy atom. The van der Waals surface area contributed by atoms with Gasteiger partial charge in [-0.2, -0.15) is 4.98 Å². The van der Waals surface area contributed by atoms with Crippen LogP contribution in [0.2, 0.25) is 0 Å². The molecular formula is C13H20IN5O3. The van der Waals surface area contributed by atoms with E-state index >= 15 is 0 Å². The first-order chi connectivity index (χ1) is 10.1. The smallest absolute Gasteiger partial charge is 0.246 e. The van der Waals surface area contributed by atoms with Crippen molar-refractivity contribution in [3.8, 4) is 0 Å². The molecule has 0 aliphatic carbocycles. The van der Waals surface area contributed by atoms with Crippen molar-refractivity contribution in [2.45, 2.75) is 26.5 Å². The van der Waals surface area contributed by atoms with E-state index in [-0.39, 0.29) is 30.5 Å². The molecule has 2 aromatic heterocycles. The summed E-state index contributed by atoms with van der Waals surface area (Å²) >= 11 is 0. The Hall–Kier alpha value is -1.62. The molecule has 0 bridgehead atoms. The van der Waals surface area contributed by atoms with Gasteiger partial charge in [0.25, 0.3) is 0 Å². The fraction of sp³-hybridized carbons (Fsp3) is 0.462. The minimum Gasteiger partial charge on any atom is -0.464 e. The van der Waals surface area contributed by atoms with Gasteiger partial charge in [-0.05, 0) is 26.0 Å². The molecule has 3 N–H and O–H groups in total. The monoisotopic (exact) mass is 421 g/mol. The van der Waals surface area contributed by atoms with Crippen LogP contribution in [-0.2, 0) is 6.54 Å². The van der Waals surface area contributed by atoms with Crippen LogP contribution in [0, 0.1) is 13.8 Å². The third-order valence-corrected chi connectivity index (χ3v) is 2.75. The van der Waals surface area contributed by atoms with Crippen molar-refractivity contribution >= 4 is 29.9 Å². The summed E-state index contributed by atoms with van der Waals surface area (Å²) in [6.45, 7) is 4.21. The summed E-state index contributed by atoms with van der Waals surface area (Å²) in [7, 11) is 1.64. The van der Waals surface area contributed by atoms with Gasteiger partial charge >= 0.3 is 0 Å². The van der Waals surface area contributed by atoms with Crippen LogP contribution in [0.5, 0.6) is 0 Å². The largest absolute Gasteiger partial charge is 0.464 e. The second-order valence-corrected chi connectivity index (χ2v) is 4.51. The van der Waals surface area contributed by atoms with E-state index in [2.05, 4.69) is 25.8 Å². The van der Waals surface area contributed by atoms with E-state index in [0.29, 0.717) is 30.0 Å². The van der Waals surface area contributed by atoms with Crippen LogP contribution in [-0.4, -0.2) is 34.8 Å². The molecule has 9 heteroatoms. The standard InChI is InChI=1S/C13H19N5O3.HI/c1-8-4-5-11(20-8)10(19)6-15-13(14-3)16-7-12-17-9(2)18-21-12;/h4-5,10,19H,6-7H2,1-3H3,(H2,14,15,16);1H. The van der Waals surface area contributed by atoms with Crippen molar-refractivity contribution in [3.05, 3.63) is 35.4 Å². The molecule has 1 unspecified atom stereocenters. The fourth-order valence-electron chi connectivity index (χ4n) is 1.72. The number of aromatic nitrogens is 2. The maximum absolute atomic E-state index is 9.99. The topological polar surface area (TPSA) is 109 Å². The lowest BCUT2D eigenvalue weighted by Crippen LogP contribution is -2.39. The molecule has 0 saturated heterocycles. The van der Waals surface area contributed by atoms with Gasteiger partial charge in [0.15, 0.2) is 11.8 Å². The van der Waals surface area contributed by atoms with E-state index in [0.717, 1.165) is 5.76 Å². The highest BCUT2D eigenvalue weighted by molar-refractivity contribution is 14.0. The van der Waals surface area contributed by atoms with Crippen molar-refractivity contribution in [1.82, 2.24) is 20.8 Å². The normalized spacial score (nSPS) is 12.6. The predicted octanol–water partition coefficient (Wildman–Crippen LogP) is 1.30. The molecule has 2 rings (SSSR count). The minimum atomic E-state index is -0.747. The predicted molar refractivity (Wildman–Crippen MR) is 91.1 cm³/mol. The van der Waals surface area contributed by atoms with Gasteiger partial charge in [-0.3, -0.25) is 4.99 Å². The maximum atomic E-state index is 9.99. The third kappa shape index (κ3) is 5.30. The van der Waals surface area contributed by atoms with Crippen LogP contribution in [0.4, 0.5) is 0 Å². The van der Waals surface area contributed by atoms with Crippen molar-refractivity contribution in [2.24, 2.45) is 4.99 Å². The second-order valence-electron chi connectivity index (χ2n) is 4.51. The number of aliphatic hydroxyl groups is 1. The minimum absolute atomic E-state index is 0. The SMILES string of the molecule is CN=C(NCc1nc(C)no1)NCC(O)c1ccc(C)o1.I. The van der Waals surface area contributed by atoms with Gasteiger partial charge in [0.1, 0.15) is 17.6 Å². The summed E-state index contributed by atoms with van der Waals surface area (Å²) in [6.07, 6.45) is -0.747. The molecule has 0 amide bonds. The lowest BCUT2D eigenvalue weighted by molar-refractivity contribution is 0.151. The Labute approximate surface area is 145 Å². The fourth-order valence-corrected chi connectivity index (χ4v) is 1.72. The first kappa shape index (κ1) is 18.4. The molecule has 0 aliphatic heterocycles. The first-order valence-electron chi connectivity index (χ1n) is 6.56. The third-order valence-electron chi connectivity index (χ3n) is 2.75. The molecular weight excluding hydrogens is 401 g/mol. The van der Waals surface area contributed by atoms with Gasteiger partial charge < -0.3 is 24.7 Å². The van der Waals surface area contributed by atoms with Crippen LogP contribution in [0.15, 0.2) is 26.1 Å². The van der Waals surface area contributed by atoms with Gasteiger partial charge in [0.05, 0.1) is 13.1 Å². The van der Waals surface area contributed by atoms with E-state index in [1.54, 1.807) is 20.0 Å². The number of nitrogens with one attached hydrogen (secondary N) is 2. The molecule has 8 nitrogen and oxygen atoms in total. The zero-order chi connectivity index (χ0) is 15.2. The number of halogens is 1. The molecule has 0 spiro atoms. The average molecular weight is 421 g/mol. The summed E-state index contributed by atoms with van der Waals surface area (Å²) in [5.41, 5.74) is 0. The summed E-state index contributed by atoms with van der Waals surface area (Å²) in [4.78, 5) is 8.12. The highest BCUT2D eigenvalue weighted by Gasteiger charge is 2.12.